The van der Waals surface area contributed by atoms with Gasteiger partial charge in [-0.1, -0.05) is 6.42 Å². The number of amides is 2. The van der Waals surface area contributed by atoms with E-state index >= 15 is 0 Å². The van der Waals surface area contributed by atoms with Gasteiger partial charge < -0.3 is 20.1 Å². The van der Waals surface area contributed by atoms with Gasteiger partial charge in [0.1, 0.15) is 5.41 Å². The molecule has 0 aromatic rings. The molecule has 2 aliphatic heterocycles. The van der Waals surface area contributed by atoms with Gasteiger partial charge in [-0.25, -0.2) is 0 Å². The number of carboxylic acid groups (broad SMARTS) is 1. The highest BCUT2D eigenvalue weighted by atomic mass is 16.5. The maximum absolute atomic E-state index is 12.1. The number of rotatable bonds is 4. The fourth-order valence-corrected chi connectivity index (χ4v) is 2.70. The molecule has 2 fully saturated rings. The van der Waals surface area contributed by atoms with Gasteiger partial charge in [0, 0.05) is 13.0 Å². The Morgan fingerprint density at radius 3 is 2.90 bits per heavy atom. The average molecular weight is 298 g/mol. The van der Waals surface area contributed by atoms with Crippen LogP contribution in [0, 0.1) is 5.41 Å². The molecule has 0 aromatic heterocycles. The molecule has 0 saturated carbocycles. The first kappa shape index (κ1) is 15.8. The summed E-state index contributed by atoms with van der Waals surface area (Å²) in [5.41, 5.74) is -1.11. The Kier molecular flexibility index (Phi) is 4.82. The first-order valence-electron chi connectivity index (χ1n) is 7.32. The van der Waals surface area contributed by atoms with E-state index in [9.17, 15) is 19.5 Å². The number of ether oxygens (including phenoxy) is 1. The molecule has 0 bridgehead atoms. The number of nitrogens with one attached hydrogen (secondary N) is 1. The fourth-order valence-electron chi connectivity index (χ4n) is 2.70. The van der Waals surface area contributed by atoms with Gasteiger partial charge in [-0.3, -0.25) is 14.4 Å². The van der Waals surface area contributed by atoms with Crippen molar-refractivity contribution in [2.45, 2.75) is 38.6 Å². The lowest BCUT2D eigenvalue weighted by Gasteiger charge is -2.27. The third-order valence-electron chi connectivity index (χ3n) is 4.29. The summed E-state index contributed by atoms with van der Waals surface area (Å²) in [6.45, 7) is 2.40. The number of hydrogen-bond donors (Lipinski definition) is 2. The Balaban J connectivity index is 1.92. The number of likely N-dealkylation sites (tertiary alicyclic amines) is 1. The highest BCUT2D eigenvalue weighted by Crippen LogP contribution is 2.28. The summed E-state index contributed by atoms with van der Waals surface area (Å²) in [7, 11) is 0. The Bertz CT molecular complexity index is 439. The summed E-state index contributed by atoms with van der Waals surface area (Å²) in [6.07, 6.45) is 3.24. The zero-order valence-corrected chi connectivity index (χ0v) is 12.3. The Labute approximate surface area is 123 Å². The quantitative estimate of drug-likeness (QED) is 0.761. The van der Waals surface area contributed by atoms with E-state index in [1.54, 1.807) is 11.8 Å². The Morgan fingerprint density at radius 2 is 2.19 bits per heavy atom. The standard InChI is InChI=1S/C14H22N2O5/c1-14(13(19)20)9-21-8-10(14)15-11(17)7-16-6-4-2-3-5-12(16)18/h10H,2-9H2,1H3,(H,15,17)(H,19,20). The highest BCUT2D eigenvalue weighted by Gasteiger charge is 2.47. The van der Waals surface area contributed by atoms with Crippen LogP contribution in [0.1, 0.15) is 32.6 Å². The van der Waals surface area contributed by atoms with E-state index in [0.29, 0.717) is 13.0 Å². The first-order valence-corrected chi connectivity index (χ1v) is 7.32. The maximum atomic E-state index is 12.1. The summed E-state index contributed by atoms with van der Waals surface area (Å²) in [5, 5.41) is 12.0. The predicted octanol–water partition coefficient (Wildman–Crippen LogP) is -0.00510. The Hall–Kier alpha value is -1.63. The van der Waals surface area contributed by atoms with Crippen LogP contribution in [0.25, 0.3) is 0 Å². The van der Waals surface area contributed by atoms with Crippen molar-refractivity contribution in [1.29, 1.82) is 0 Å². The van der Waals surface area contributed by atoms with Gasteiger partial charge in [0.25, 0.3) is 0 Å². The number of carbonyl (C=O) groups is 3. The van der Waals surface area contributed by atoms with Gasteiger partial charge in [0.2, 0.25) is 11.8 Å². The van der Waals surface area contributed by atoms with E-state index in [4.69, 9.17) is 4.74 Å². The van der Waals surface area contributed by atoms with Crippen LogP contribution < -0.4 is 5.32 Å². The lowest BCUT2D eigenvalue weighted by Crippen LogP contribution is -2.52. The minimum absolute atomic E-state index is 0.00804. The first-order chi connectivity index (χ1) is 9.93. The number of carboxylic acids is 1. The smallest absolute Gasteiger partial charge is 0.313 e. The van der Waals surface area contributed by atoms with Gasteiger partial charge in [-0.05, 0) is 19.8 Å². The van der Waals surface area contributed by atoms with Gasteiger partial charge in [0.15, 0.2) is 0 Å². The molecule has 7 heteroatoms. The summed E-state index contributed by atoms with van der Waals surface area (Å²) < 4.78 is 5.19. The molecule has 0 aliphatic carbocycles. The van der Waals surface area contributed by atoms with Crippen LogP contribution in [-0.2, 0) is 19.1 Å². The number of hydrogen-bond acceptors (Lipinski definition) is 4. The lowest BCUT2D eigenvalue weighted by atomic mass is 9.85. The molecule has 0 aromatic carbocycles. The molecule has 118 valence electrons. The van der Waals surface area contributed by atoms with E-state index in [0.717, 1.165) is 19.3 Å². The normalized spacial score (nSPS) is 30.0. The third kappa shape index (κ3) is 3.53. The van der Waals surface area contributed by atoms with Crippen molar-refractivity contribution < 1.29 is 24.2 Å². The SMILES string of the molecule is CC1(C(=O)O)COCC1NC(=O)CN1CCCCCC1=O. The largest absolute Gasteiger partial charge is 0.481 e. The zero-order chi connectivity index (χ0) is 15.5. The maximum Gasteiger partial charge on any atom is 0.313 e. The van der Waals surface area contributed by atoms with E-state index in [-0.39, 0.29) is 31.6 Å². The van der Waals surface area contributed by atoms with Crippen molar-refractivity contribution in [3.05, 3.63) is 0 Å². The van der Waals surface area contributed by atoms with E-state index in [2.05, 4.69) is 5.32 Å². The minimum atomic E-state index is -1.11. The van der Waals surface area contributed by atoms with Crippen molar-refractivity contribution >= 4 is 17.8 Å². The van der Waals surface area contributed by atoms with Crippen molar-refractivity contribution in [1.82, 2.24) is 10.2 Å². The molecule has 21 heavy (non-hydrogen) atoms. The second-order valence-corrected chi connectivity index (χ2v) is 5.98. The average Bonchev–Trinajstić information content (AvgIpc) is 2.67. The van der Waals surface area contributed by atoms with E-state index in [1.807, 2.05) is 0 Å². The molecule has 2 heterocycles. The van der Waals surface area contributed by atoms with Gasteiger partial charge in [0.05, 0.1) is 25.8 Å². The highest BCUT2D eigenvalue weighted by molar-refractivity contribution is 5.86. The molecule has 0 radical (unpaired) electrons. The summed E-state index contributed by atoms with van der Waals surface area (Å²) in [6, 6.07) is -0.565. The molecule has 2 unspecified atom stereocenters. The summed E-state index contributed by atoms with van der Waals surface area (Å²) in [4.78, 5) is 36.8. The second kappa shape index (κ2) is 6.43. The van der Waals surface area contributed by atoms with Crippen LogP contribution in [0.2, 0.25) is 0 Å². The number of aliphatic carboxylic acids is 1. The molecule has 0 spiro atoms. The van der Waals surface area contributed by atoms with Crippen LogP contribution in [-0.4, -0.2) is 60.1 Å². The summed E-state index contributed by atoms with van der Waals surface area (Å²) >= 11 is 0. The van der Waals surface area contributed by atoms with Crippen LogP contribution >= 0.6 is 0 Å². The van der Waals surface area contributed by atoms with Crippen molar-refractivity contribution in [3.8, 4) is 0 Å². The lowest BCUT2D eigenvalue weighted by molar-refractivity contribution is -0.149. The van der Waals surface area contributed by atoms with E-state index in [1.165, 1.54) is 0 Å². The van der Waals surface area contributed by atoms with Gasteiger partial charge in [-0.15, -0.1) is 0 Å². The van der Waals surface area contributed by atoms with Crippen LogP contribution in [0.3, 0.4) is 0 Å². The topological polar surface area (TPSA) is 95.9 Å². The molecule has 2 saturated heterocycles. The van der Waals surface area contributed by atoms with E-state index < -0.39 is 17.4 Å². The molecular formula is C14H22N2O5. The zero-order valence-electron chi connectivity index (χ0n) is 12.3. The van der Waals surface area contributed by atoms with Crippen LogP contribution in [0.5, 0.6) is 0 Å². The molecule has 2 amide bonds. The molecular weight excluding hydrogens is 276 g/mol. The molecule has 2 rings (SSSR count). The molecule has 2 N–H and O–H groups in total. The summed E-state index contributed by atoms with van der Waals surface area (Å²) in [5.74, 6) is -1.32. The Morgan fingerprint density at radius 1 is 1.43 bits per heavy atom. The van der Waals surface area contributed by atoms with Crippen molar-refractivity contribution in [2.75, 3.05) is 26.3 Å². The van der Waals surface area contributed by atoms with Gasteiger partial charge in [-0.2, -0.15) is 0 Å². The molecule has 2 atom stereocenters. The number of nitrogens with zero attached hydrogens (tertiary/aromatic N) is 1. The third-order valence-corrected chi connectivity index (χ3v) is 4.29. The van der Waals surface area contributed by atoms with Crippen LogP contribution in [0.4, 0.5) is 0 Å². The molecule has 2 aliphatic rings. The monoisotopic (exact) mass is 298 g/mol. The van der Waals surface area contributed by atoms with Crippen molar-refractivity contribution in [3.63, 3.8) is 0 Å². The fraction of sp³-hybridized carbons (Fsp3) is 0.786. The second-order valence-electron chi connectivity index (χ2n) is 5.98. The number of carbonyl (C=O) groups excluding carboxylic acids is 2. The van der Waals surface area contributed by atoms with Gasteiger partial charge >= 0.3 is 5.97 Å². The molecule has 7 nitrogen and oxygen atoms in total. The van der Waals surface area contributed by atoms with Crippen LogP contribution in [0.15, 0.2) is 0 Å². The minimum Gasteiger partial charge on any atom is -0.481 e. The predicted molar refractivity (Wildman–Crippen MR) is 73.5 cm³/mol. The van der Waals surface area contributed by atoms with Crippen molar-refractivity contribution in [2.24, 2.45) is 5.41 Å².